The molecular weight excluding hydrogens is 557 g/mol. The predicted molar refractivity (Wildman–Crippen MR) is 183 cm³/mol. The molecule has 5 heteroatoms. The van der Waals surface area contributed by atoms with Crippen LogP contribution in [-0.2, 0) is 0 Å². The molecule has 0 unspecified atom stereocenters. The largest absolute Gasteiger partial charge is 0.309 e. The summed E-state index contributed by atoms with van der Waals surface area (Å²) in [5, 5.41) is 1.72. The van der Waals surface area contributed by atoms with Gasteiger partial charge in [-0.2, -0.15) is 0 Å². The Morgan fingerprint density at radius 2 is 1.09 bits per heavy atom. The minimum absolute atomic E-state index is 0.0489. The highest BCUT2D eigenvalue weighted by atomic mass is 32.1. The first-order valence-corrected chi connectivity index (χ1v) is 14.4. The number of hydrogen-bond acceptors (Lipinski definition) is 4. The topological polar surface area (TPSA) is 43.6 Å². The van der Waals surface area contributed by atoms with E-state index >= 15 is 0 Å². The van der Waals surface area contributed by atoms with Gasteiger partial charge in [0.2, 0.25) is 0 Å². The van der Waals surface area contributed by atoms with Gasteiger partial charge in [-0.25, -0.2) is 15.0 Å². The fourth-order valence-corrected chi connectivity index (χ4v) is 6.74. The summed E-state index contributed by atoms with van der Waals surface area (Å²) in [4.78, 5) is 14.4. The molecule has 0 bridgehead atoms. The summed E-state index contributed by atoms with van der Waals surface area (Å²) in [6.45, 7) is 0. The fraction of sp³-hybridized carbons (Fsp3) is 0. The number of para-hydroxylation sites is 3. The zero-order valence-corrected chi connectivity index (χ0v) is 23.4. The van der Waals surface area contributed by atoms with Gasteiger partial charge in [0, 0.05) is 47.6 Å². The van der Waals surface area contributed by atoms with Crippen LogP contribution in [0.2, 0.25) is 0 Å². The minimum atomic E-state index is -0.593. The number of nitrogens with zero attached hydrogens (tertiary/aromatic N) is 4. The average molecular weight is 594 g/mol. The molecule has 0 atom stereocenters. The molecule has 0 fully saturated rings. The zero-order valence-electron chi connectivity index (χ0n) is 35.5. The third kappa shape index (κ3) is 3.87. The third-order valence-corrected chi connectivity index (χ3v) is 8.64. The summed E-state index contributed by atoms with van der Waals surface area (Å²) >= 11 is 1.51. The van der Waals surface area contributed by atoms with Gasteiger partial charge in [0.05, 0.1) is 34.5 Å². The Morgan fingerprint density at radius 3 is 1.89 bits per heavy atom. The van der Waals surface area contributed by atoms with E-state index in [-0.39, 0.29) is 56.1 Å². The van der Waals surface area contributed by atoms with Gasteiger partial charge in [-0.3, -0.25) is 0 Å². The number of hydrogen-bond donors (Lipinski definition) is 0. The molecule has 206 valence electrons. The van der Waals surface area contributed by atoms with E-state index in [0.717, 1.165) is 20.2 Å². The van der Waals surface area contributed by atoms with E-state index in [2.05, 4.69) is 0 Å². The second-order valence-electron chi connectivity index (χ2n) is 9.89. The number of rotatable bonds is 4. The van der Waals surface area contributed by atoms with Crippen molar-refractivity contribution < 1.29 is 17.8 Å². The molecule has 0 saturated heterocycles. The van der Waals surface area contributed by atoms with E-state index in [4.69, 9.17) is 32.8 Å². The van der Waals surface area contributed by atoms with Crippen LogP contribution in [0.15, 0.2) is 145 Å². The van der Waals surface area contributed by atoms with Gasteiger partial charge >= 0.3 is 0 Å². The smallest absolute Gasteiger partial charge is 0.166 e. The minimum Gasteiger partial charge on any atom is -0.309 e. The second-order valence-corrected chi connectivity index (χ2v) is 10.9. The maximum atomic E-state index is 9.03. The van der Waals surface area contributed by atoms with Crippen LogP contribution in [0, 0.1) is 0 Å². The van der Waals surface area contributed by atoms with Crippen molar-refractivity contribution in [2.24, 2.45) is 0 Å². The van der Waals surface area contributed by atoms with Crippen molar-refractivity contribution in [1.29, 1.82) is 0 Å². The van der Waals surface area contributed by atoms with Crippen molar-refractivity contribution in [1.82, 2.24) is 19.5 Å². The summed E-state index contributed by atoms with van der Waals surface area (Å²) in [6.07, 6.45) is 0. The molecular formula is C39H24N4S. The van der Waals surface area contributed by atoms with E-state index in [1.807, 2.05) is 42.5 Å². The lowest BCUT2D eigenvalue weighted by Crippen LogP contribution is -2.03. The molecule has 4 nitrogen and oxygen atoms in total. The highest BCUT2D eigenvalue weighted by Crippen LogP contribution is 2.40. The maximum Gasteiger partial charge on any atom is 0.166 e. The summed E-state index contributed by atoms with van der Waals surface area (Å²) < 4.78 is 116. The molecule has 0 N–H and O–H groups in total. The number of benzene rings is 6. The monoisotopic (exact) mass is 593 g/mol. The first-order chi connectivity index (χ1) is 27.2. The molecule has 0 spiro atoms. The lowest BCUT2D eigenvalue weighted by atomic mass is 10.1. The Hall–Kier alpha value is -5.65. The molecule has 0 radical (unpaired) electrons. The van der Waals surface area contributed by atoms with Crippen molar-refractivity contribution in [3.63, 3.8) is 0 Å². The first kappa shape index (κ1) is 15.2. The van der Waals surface area contributed by atoms with Crippen LogP contribution in [0.3, 0.4) is 0 Å². The van der Waals surface area contributed by atoms with Crippen molar-refractivity contribution in [3.8, 4) is 39.9 Å². The summed E-state index contributed by atoms with van der Waals surface area (Å²) in [5.74, 6) is -0.169. The van der Waals surface area contributed by atoms with Gasteiger partial charge in [0.1, 0.15) is 0 Å². The van der Waals surface area contributed by atoms with Gasteiger partial charge < -0.3 is 4.57 Å². The molecule has 0 amide bonds. The second kappa shape index (κ2) is 9.97. The average Bonchev–Trinajstić information content (AvgIpc) is 3.79. The predicted octanol–water partition coefficient (Wildman–Crippen LogP) is 10.3. The molecule has 0 aliphatic carbocycles. The lowest BCUT2D eigenvalue weighted by molar-refractivity contribution is 1.07. The van der Waals surface area contributed by atoms with Crippen LogP contribution in [0.4, 0.5) is 0 Å². The Bertz CT molecular complexity index is 3140. The summed E-state index contributed by atoms with van der Waals surface area (Å²) in [6, 6.07) is 12.9. The molecule has 0 aliphatic rings. The number of fused-ring (bicyclic) bond motifs is 6. The van der Waals surface area contributed by atoms with Crippen LogP contribution < -0.4 is 0 Å². The molecule has 3 heterocycles. The SMILES string of the molecule is [2H]c1c([2H])c([2H])c(-c2nc(-c3ccccc3-n3c4c([2H])c([2H])c([2H])c([2H])c4c4c([2H])c([2H])c([2H])c([2H])c43)nc(-c3cccc4c3sc3ccccc34)n2)c([2H])c1[2H]. The standard InChI is InChI=1S/C39H24N4S/c1-2-13-25(14-3-1)37-40-38(42-39(41-37)31-20-12-19-29-28-17-7-11-24-35(28)44-36(29)31)30-18-6-10-23-34(30)43-32-21-8-4-15-26(32)27-16-5-9-22-33(27)43/h1-24H/i1D,2D,3D,4D,5D,8D,9D,13D,14D,15D,16D,21D,22D. The number of aromatic nitrogens is 4. The van der Waals surface area contributed by atoms with E-state index in [1.54, 1.807) is 24.3 Å². The van der Waals surface area contributed by atoms with E-state index in [1.165, 1.54) is 15.9 Å². The van der Waals surface area contributed by atoms with Crippen molar-refractivity contribution in [2.75, 3.05) is 0 Å². The summed E-state index contributed by atoms with van der Waals surface area (Å²) in [5.41, 5.74) is 0.487. The van der Waals surface area contributed by atoms with Crippen LogP contribution >= 0.6 is 11.3 Å². The van der Waals surface area contributed by atoms with Crippen molar-refractivity contribution in [2.45, 2.75) is 0 Å². The molecule has 0 aliphatic heterocycles. The van der Waals surface area contributed by atoms with Gasteiger partial charge in [-0.15, -0.1) is 11.3 Å². The molecule has 6 aromatic carbocycles. The van der Waals surface area contributed by atoms with Gasteiger partial charge in [-0.05, 0) is 36.4 Å². The van der Waals surface area contributed by atoms with Crippen molar-refractivity contribution >= 4 is 53.3 Å². The normalized spacial score (nSPS) is 15.8. The highest BCUT2D eigenvalue weighted by molar-refractivity contribution is 7.26. The molecule has 9 rings (SSSR count). The van der Waals surface area contributed by atoms with Gasteiger partial charge in [-0.1, -0.05) is 109 Å². The third-order valence-electron chi connectivity index (χ3n) is 7.42. The van der Waals surface area contributed by atoms with Crippen LogP contribution in [0.1, 0.15) is 17.8 Å². The lowest BCUT2D eigenvalue weighted by Gasteiger charge is -2.14. The number of thiophene rings is 1. The van der Waals surface area contributed by atoms with Crippen LogP contribution in [0.5, 0.6) is 0 Å². The Balaban J connectivity index is 1.43. The maximum absolute atomic E-state index is 9.03. The summed E-state index contributed by atoms with van der Waals surface area (Å²) in [7, 11) is 0. The molecule has 9 aromatic rings. The Morgan fingerprint density at radius 1 is 0.500 bits per heavy atom. The van der Waals surface area contributed by atoms with E-state index in [0.29, 0.717) is 5.56 Å². The Kier molecular flexibility index (Phi) is 3.44. The highest BCUT2D eigenvalue weighted by Gasteiger charge is 2.20. The van der Waals surface area contributed by atoms with Crippen LogP contribution in [-0.4, -0.2) is 19.5 Å². The zero-order chi connectivity index (χ0) is 40.3. The van der Waals surface area contributed by atoms with Gasteiger partial charge in [0.25, 0.3) is 0 Å². The van der Waals surface area contributed by atoms with Crippen LogP contribution in [0.25, 0.3) is 81.8 Å². The molecule has 44 heavy (non-hydrogen) atoms. The van der Waals surface area contributed by atoms with Crippen molar-refractivity contribution in [3.05, 3.63) is 145 Å². The molecule has 3 aromatic heterocycles. The van der Waals surface area contributed by atoms with E-state index < -0.39 is 78.6 Å². The first-order valence-electron chi connectivity index (χ1n) is 20.1. The molecule has 0 saturated carbocycles. The van der Waals surface area contributed by atoms with E-state index in [9.17, 15) is 0 Å². The van der Waals surface area contributed by atoms with Gasteiger partial charge in [0.15, 0.2) is 17.5 Å². The fourth-order valence-electron chi connectivity index (χ4n) is 5.53. The Labute approximate surface area is 275 Å². The quantitative estimate of drug-likeness (QED) is 0.204.